The number of benzene rings is 1. The lowest BCUT2D eigenvalue weighted by Gasteiger charge is -2.13. The molecule has 2 amide bonds. The number of aromatic nitrogens is 5. The third kappa shape index (κ3) is 3.78. The maximum atomic E-state index is 13.0. The van der Waals surface area contributed by atoms with E-state index < -0.39 is 11.5 Å². The number of nitrogens with zero attached hydrogens (tertiary/aromatic N) is 4. The predicted molar refractivity (Wildman–Crippen MR) is 125 cm³/mol. The molecule has 4 aromatic rings. The Morgan fingerprint density at radius 1 is 1.26 bits per heavy atom. The molecular formula is C24H21N7O3. The maximum Gasteiger partial charge on any atom is 0.274 e. The van der Waals surface area contributed by atoms with Gasteiger partial charge in [-0.25, -0.2) is 4.98 Å². The van der Waals surface area contributed by atoms with Crippen LogP contribution in [0.5, 0.6) is 0 Å². The number of carbonyl (C=O) groups is 2. The van der Waals surface area contributed by atoms with Crippen LogP contribution in [0.3, 0.4) is 0 Å². The summed E-state index contributed by atoms with van der Waals surface area (Å²) in [5.74, 6) is 4.73. The summed E-state index contributed by atoms with van der Waals surface area (Å²) < 4.78 is 0. The molecule has 1 aromatic carbocycles. The van der Waals surface area contributed by atoms with Gasteiger partial charge in [0.1, 0.15) is 5.69 Å². The number of carbonyl (C=O) groups excluding carboxylic acids is 2. The number of aryl methyl sites for hydroxylation is 1. The highest BCUT2D eigenvalue weighted by atomic mass is 16.3. The zero-order chi connectivity index (χ0) is 23.9. The van der Waals surface area contributed by atoms with Gasteiger partial charge < -0.3 is 15.3 Å². The summed E-state index contributed by atoms with van der Waals surface area (Å²) in [5.41, 5.74) is 2.65. The second kappa shape index (κ2) is 8.13. The lowest BCUT2D eigenvalue weighted by Crippen LogP contribution is -2.37. The maximum absolute atomic E-state index is 13.0. The lowest BCUT2D eigenvalue weighted by molar-refractivity contribution is -0.137. The summed E-state index contributed by atoms with van der Waals surface area (Å²) in [7, 11) is 1.63. The van der Waals surface area contributed by atoms with E-state index in [9.17, 15) is 14.7 Å². The Hall–Kier alpha value is -4.49. The quantitative estimate of drug-likeness (QED) is 0.348. The van der Waals surface area contributed by atoms with E-state index in [0.717, 1.165) is 16.8 Å². The zero-order valence-corrected chi connectivity index (χ0v) is 18.5. The number of hydrogen-bond acceptors (Lipinski definition) is 6. The molecule has 1 aliphatic heterocycles. The van der Waals surface area contributed by atoms with Crippen molar-refractivity contribution in [3.63, 3.8) is 0 Å². The minimum atomic E-state index is -1.68. The summed E-state index contributed by atoms with van der Waals surface area (Å²) >= 11 is 0. The molecule has 0 saturated carbocycles. The molecule has 10 heteroatoms. The van der Waals surface area contributed by atoms with E-state index in [4.69, 9.17) is 0 Å². The third-order valence-electron chi connectivity index (χ3n) is 5.80. The molecule has 1 fully saturated rings. The van der Waals surface area contributed by atoms with Gasteiger partial charge in [0.05, 0.1) is 17.3 Å². The summed E-state index contributed by atoms with van der Waals surface area (Å²) in [5, 5.41) is 27.8. The minimum Gasteiger partial charge on any atom is -0.369 e. The monoisotopic (exact) mass is 455 g/mol. The summed E-state index contributed by atoms with van der Waals surface area (Å²) in [6, 6.07) is 8.71. The van der Waals surface area contributed by atoms with E-state index in [1.807, 2.05) is 13.0 Å². The van der Waals surface area contributed by atoms with E-state index in [1.165, 1.54) is 4.90 Å². The fourth-order valence-electron chi connectivity index (χ4n) is 3.86. The molecule has 0 bridgehead atoms. The lowest BCUT2D eigenvalue weighted by atomic mass is 10.0. The second-order valence-electron chi connectivity index (χ2n) is 8.24. The molecular weight excluding hydrogens is 434 g/mol. The first kappa shape index (κ1) is 21.4. The van der Waals surface area contributed by atoms with E-state index >= 15 is 0 Å². The van der Waals surface area contributed by atoms with E-state index in [-0.39, 0.29) is 18.0 Å². The van der Waals surface area contributed by atoms with Gasteiger partial charge in [0.2, 0.25) is 5.60 Å². The van der Waals surface area contributed by atoms with Gasteiger partial charge in [0.25, 0.3) is 11.8 Å². The van der Waals surface area contributed by atoms with Crippen LogP contribution in [0.2, 0.25) is 0 Å². The number of H-pyrrole nitrogens is 2. The van der Waals surface area contributed by atoms with Crippen LogP contribution in [0.1, 0.15) is 28.0 Å². The molecule has 0 unspecified atom stereocenters. The van der Waals surface area contributed by atoms with Crippen molar-refractivity contribution < 1.29 is 14.7 Å². The Balaban J connectivity index is 1.39. The summed E-state index contributed by atoms with van der Waals surface area (Å²) in [4.78, 5) is 30.9. The number of pyridine rings is 1. The Morgan fingerprint density at radius 3 is 2.85 bits per heavy atom. The topological polar surface area (TPSA) is 140 Å². The van der Waals surface area contributed by atoms with Crippen LogP contribution in [0.15, 0.2) is 42.7 Å². The largest absolute Gasteiger partial charge is 0.369 e. The Morgan fingerprint density at radius 2 is 2.12 bits per heavy atom. The molecule has 5 rings (SSSR count). The molecule has 0 radical (unpaired) electrons. The number of aliphatic hydroxyl groups is 1. The smallest absolute Gasteiger partial charge is 0.274 e. The molecule has 4 N–H and O–H groups in total. The van der Waals surface area contributed by atoms with Crippen LogP contribution in [0, 0.1) is 18.8 Å². The van der Waals surface area contributed by atoms with Crippen molar-refractivity contribution >= 4 is 28.5 Å². The van der Waals surface area contributed by atoms with Gasteiger partial charge in [-0.05, 0) is 36.8 Å². The van der Waals surface area contributed by atoms with Crippen molar-refractivity contribution in [3.05, 3.63) is 59.5 Å². The van der Waals surface area contributed by atoms with Crippen molar-refractivity contribution in [1.82, 2.24) is 30.3 Å². The van der Waals surface area contributed by atoms with Gasteiger partial charge in [0.15, 0.2) is 5.65 Å². The summed E-state index contributed by atoms with van der Waals surface area (Å²) in [6.45, 7) is 2.39. The molecule has 0 aliphatic carbocycles. The Kier molecular flexibility index (Phi) is 5.11. The first-order chi connectivity index (χ1) is 16.3. The number of anilines is 1. The number of fused-ring (bicyclic) bond motifs is 1. The van der Waals surface area contributed by atoms with Crippen molar-refractivity contribution in [2.75, 3.05) is 18.9 Å². The van der Waals surface area contributed by atoms with Crippen LogP contribution in [0.4, 0.5) is 5.69 Å². The highest BCUT2D eigenvalue weighted by Gasteiger charge is 2.42. The van der Waals surface area contributed by atoms with Crippen molar-refractivity contribution in [2.24, 2.45) is 0 Å². The van der Waals surface area contributed by atoms with Crippen LogP contribution < -0.4 is 5.32 Å². The number of nitrogens with one attached hydrogen (secondary N) is 3. The second-order valence-corrected chi connectivity index (χ2v) is 8.24. The van der Waals surface area contributed by atoms with Crippen LogP contribution >= 0.6 is 0 Å². The molecule has 10 nitrogen and oxygen atoms in total. The number of rotatable bonds is 3. The first-order valence-corrected chi connectivity index (χ1v) is 10.6. The standard InChI is InChI=1S/C24H21N7O3/c1-14-12-26-28-19(14)16-11-18-20(29-30-21(18)25-13-16)22(32)27-17-5-3-4-15(10-17)6-7-24(34)8-9-31(2)23(24)33/h3-5,10-13,34H,8-9H2,1-2H3,(H,26,28)(H,27,32)(H,25,29,30)/t24-/m0/s1. The van der Waals surface area contributed by atoms with Crippen molar-refractivity contribution in [3.8, 4) is 23.1 Å². The Bertz CT molecular complexity index is 1490. The predicted octanol–water partition coefficient (Wildman–Crippen LogP) is 1.85. The van der Waals surface area contributed by atoms with E-state index in [1.54, 1.807) is 43.7 Å². The third-order valence-corrected chi connectivity index (χ3v) is 5.80. The molecule has 0 spiro atoms. The number of aromatic amines is 2. The molecule has 1 atom stereocenters. The SMILES string of the molecule is Cc1cn[nH]c1-c1cnc2n[nH]c(C(=O)Nc3cccc(C#C[C@]4(O)CCN(C)C4=O)c3)c2c1. The summed E-state index contributed by atoms with van der Waals surface area (Å²) in [6.07, 6.45) is 3.65. The average molecular weight is 455 g/mol. The number of hydrogen-bond donors (Lipinski definition) is 4. The van der Waals surface area contributed by atoms with Gasteiger partial charge in [-0.2, -0.15) is 10.2 Å². The van der Waals surface area contributed by atoms with Gasteiger partial charge in [-0.1, -0.05) is 17.9 Å². The van der Waals surface area contributed by atoms with Gasteiger partial charge in [0, 0.05) is 43.0 Å². The van der Waals surface area contributed by atoms with Crippen LogP contribution in [0.25, 0.3) is 22.3 Å². The van der Waals surface area contributed by atoms with Crippen LogP contribution in [-0.2, 0) is 4.79 Å². The normalized spacial score (nSPS) is 17.6. The van der Waals surface area contributed by atoms with Crippen molar-refractivity contribution in [2.45, 2.75) is 18.9 Å². The molecule has 4 heterocycles. The molecule has 3 aromatic heterocycles. The fraction of sp³-hybridized carbons (Fsp3) is 0.208. The Labute approximate surface area is 194 Å². The first-order valence-electron chi connectivity index (χ1n) is 10.6. The number of amides is 2. The molecule has 1 saturated heterocycles. The minimum absolute atomic E-state index is 0.257. The van der Waals surface area contributed by atoms with E-state index in [2.05, 4.69) is 42.5 Å². The zero-order valence-electron chi connectivity index (χ0n) is 18.5. The molecule has 1 aliphatic rings. The molecule has 170 valence electrons. The van der Waals surface area contributed by atoms with E-state index in [0.29, 0.717) is 28.8 Å². The van der Waals surface area contributed by atoms with Crippen LogP contribution in [-0.4, -0.2) is 66.4 Å². The molecule has 34 heavy (non-hydrogen) atoms. The fourth-order valence-corrected chi connectivity index (χ4v) is 3.86. The number of likely N-dealkylation sites (N-methyl/N-ethyl adjacent to an activating group) is 1. The van der Waals surface area contributed by atoms with Gasteiger partial charge >= 0.3 is 0 Å². The van der Waals surface area contributed by atoms with Gasteiger partial charge in [-0.3, -0.25) is 19.8 Å². The van der Waals surface area contributed by atoms with Crippen molar-refractivity contribution in [1.29, 1.82) is 0 Å². The highest BCUT2D eigenvalue weighted by molar-refractivity contribution is 6.11. The number of likely N-dealkylation sites (tertiary alicyclic amines) is 1. The van der Waals surface area contributed by atoms with Gasteiger partial charge in [-0.15, -0.1) is 0 Å². The highest BCUT2D eigenvalue weighted by Crippen LogP contribution is 2.25. The average Bonchev–Trinajstić information content (AvgIpc) is 3.52.